The molecule has 0 fully saturated rings. The first-order valence-corrected chi connectivity index (χ1v) is 8.14. The molecule has 0 bridgehead atoms. The number of hydrogen-bond donors (Lipinski definition) is 1. The van der Waals surface area contributed by atoms with Gasteiger partial charge in [0.25, 0.3) is 5.91 Å². The summed E-state index contributed by atoms with van der Waals surface area (Å²) >= 11 is 0. The van der Waals surface area contributed by atoms with Gasteiger partial charge in [-0.25, -0.2) is 0 Å². The van der Waals surface area contributed by atoms with E-state index >= 15 is 0 Å². The molecule has 25 heavy (non-hydrogen) atoms. The molecule has 0 aliphatic rings. The lowest BCUT2D eigenvalue weighted by Crippen LogP contribution is -2.21. The molecule has 1 aromatic carbocycles. The van der Waals surface area contributed by atoms with Crippen LogP contribution < -0.4 is 10.2 Å². The third kappa shape index (κ3) is 4.64. The number of aromatic nitrogens is 2. The largest absolute Gasteiger partial charge is 0.373 e. The zero-order chi connectivity index (χ0) is 17.5. The summed E-state index contributed by atoms with van der Waals surface area (Å²) in [7, 11) is 2.00. The molecule has 0 radical (unpaired) electrons. The molecule has 0 saturated carbocycles. The van der Waals surface area contributed by atoms with Crippen LogP contribution in [0.4, 0.5) is 11.4 Å². The summed E-state index contributed by atoms with van der Waals surface area (Å²) in [4.78, 5) is 22.7. The third-order valence-corrected chi connectivity index (χ3v) is 3.94. The smallest absolute Gasteiger partial charge is 0.257 e. The van der Waals surface area contributed by atoms with Crippen molar-refractivity contribution in [2.75, 3.05) is 23.8 Å². The molecule has 1 N–H and O–H groups in total. The molecular weight excluding hydrogens is 312 g/mol. The average molecular weight is 332 g/mol. The summed E-state index contributed by atoms with van der Waals surface area (Å²) in [5.41, 5.74) is 3.45. The molecule has 2 heterocycles. The molecular formula is C20H20N4O. The van der Waals surface area contributed by atoms with Crippen molar-refractivity contribution < 1.29 is 4.79 Å². The Morgan fingerprint density at radius 2 is 1.80 bits per heavy atom. The Kier molecular flexibility index (Phi) is 5.36. The quantitative estimate of drug-likeness (QED) is 0.751. The molecule has 0 aliphatic carbocycles. The van der Waals surface area contributed by atoms with Gasteiger partial charge in [-0.1, -0.05) is 18.2 Å². The summed E-state index contributed by atoms with van der Waals surface area (Å²) in [5.74, 6) is -0.164. The highest BCUT2D eigenvalue weighted by atomic mass is 16.1. The second-order valence-corrected chi connectivity index (χ2v) is 5.78. The first-order valence-electron chi connectivity index (χ1n) is 8.14. The van der Waals surface area contributed by atoms with E-state index in [0.29, 0.717) is 5.56 Å². The minimum Gasteiger partial charge on any atom is -0.373 e. The predicted octanol–water partition coefficient (Wildman–Crippen LogP) is 3.41. The molecule has 5 heteroatoms. The van der Waals surface area contributed by atoms with E-state index in [1.54, 1.807) is 24.8 Å². The number of anilines is 2. The van der Waals surface area contributed by atoms with Crippen molar-refractivity contribution >= 4 is 17.3 Å². The van der Waals surface area contributed by atoms with E-state index in [0.717, 1.165) is 24.3 Å². The molecule has 0 aliphatic heterocycles. The number of carbonyl (C=O) groups excluding carboxylic acids is 1. The van der Waals surface area contributed by atoms with Crippen LogP contribution in [0.1, 0.15) is 15.9 Å². The van der Waals surface area contributed by atoms with E-state index in [1.165, 1.54) is 5.56 Å². The van der Waals surface area contributed by atoms with Crippen LogP contribution in [0.15, 0.2) is 73.3 Å². The van der Waals surface area contributed by atoms with Crippen LogP contribution in [0.5, 0.6) is 0 Å². The van der Waals surface area contributed by atoms with Crippen LogP contribution >= 0.6 is 0 Å². The number of benzene rings is 1. The van der Waals surface area contributed by atoms with Crippen LogP contribution in [0.2, 0.25) is 0 Å². The molecule has 0 atom stereocenters. The van der Waals surface area contributed by atoms with Crippen LogP contribution in [0.25, 0.3) is 0 Å². The van der Waals surface area contributed by atoms with Crippen LogP contribution in [-0.2, 0) is 6.42 Å². The Balaban J connectivity index is 1.65. The van der Waals surface area contributed by atoms with E-state index in [2.05, 4.69) is 20.2 Å². The zero-order valence-corrected chi connectivity index (χ0v) is 14.1. The molecule has 0 saturated heterocycles. The molecule has 5 nitrogen and oxygen atoms in total. The Hall–Kier alpha value is -3.21. The van der Waals surface area contributed by atoms with Crippen molar-refractivity contribution in [2.45, 2.75) is 6.42 Å². The van der Waals surface area contributed by atoms with Gasteiger partial charge in [-0.2, -0.15) is 0 Å². The Morgan fingerprint density at radius 3 is 2.56 bits per heavy atom. The molecule has 2 aromatic heterocycles. The number of carbonyl (C=O) groups is 1. The third-order valence-electron chi connectivity index (χ3n) is 3.94. The van der Waals surface area contributed by atoms with Gasteiger partial charge in [0.15, 0.2) is 0 Å². The average Bonchev–Trinajstić information content (AvgIpc) is 2.68. The van der Waals surface area contributed by atoms with Crippen LogP contribution in [0, 0.1) is 0 Å². The van der Waals surface area contributed by atoms with Gasteiger partial charge in [-0.15, -0.1) is 0 Å². The fourth-order valence-corrected chi connectivity index (χ4v) is 2.46. The lowest BCUT2D eigenvalue weighted by atomic mass is 10.2. The predicted molar refractivity (Wildman–Crippen MR) is 99.8 cm³/mol. The fourth-order valence-electron chi connectivity index (χ4n) is 2.46. The number of hydrogen-bond acceptors (Lipinski definition) is 4. The second-order valence-electron chi connectivity index (χ2n) is 5.78. The summed E-state index contributed by atoms with van der Waals surface area (Å²) < 4.78 is 0. The highest BCUT2D eigenvalue weighted by molar-refractivity contribution is 6.04. The topological polar surface area (TPSA) is 58.1 Å². The van der Waals surface area contributed by atoms with Gasteiger partial charge in [0.2, 0.25) is 0 Å². The molecule has 3 rings (SSSR count). The Labute approximate surface area is 147 Å². The zero-order valence-electron chi connectivity index (χ0n) is 14.1. The molecule has 0 unspecified atom stereocenters. The minimum absolute atomic E-state index is 0.164. The lowest BCUT2D eigenvalue weighted by Gasteiger charge is -2.19. The van der Waals surface area contributed by atoms with Crippen molar-refractivity contribution in [3.8, 4) is 0 Å². The normalized spacial score (nSPS) is 10.3. The summed E-state index contributed by atoms with van der Waals surface area (Å²) in [6.07, 6.45) is 7.85. The molecule has 3 aromatic rings. The van der Waals surface area contributed by atoms with Gasteiger partial charge >= 0.3 is 0 Å². The van der Waals surface area contributed by atoms with Crippen molar-refractivity contribution in [3.05, 3.63) is 84.4 Å². The van der Waals surface area contributed by atoms with Crippen molar-refractivity contribution in [3.63, 3.8) is 0 Å². The number of pyridine rings is 2. The van der Waals surface area contributed by atoms with E-state index in [9.17, 15) is 4.79 Å². The number of rotatable bonds is 6. The van der Waals surface area contributed by atoms with Gasteiger partial charge in [-0.3, -0.25) is 14.8 Å². The maximum Gasteiger partial charge on any atom is 0.257 e. The number of nitrogens with zero attached hydrogens (tertiary/aromatic N) is 3. The van der Waals surface area contributed by atoms with E-state index in [1.807, 2.05) is 55.6 Å². The Morgan fingerprint density at radius 1 is 1.04 bits per heavy atom. The highest BCUT2D eigenvalue weighted by Crippen LogP contribution is 2.15. The van der Waals surface area contributed by atoms with E-state index in [4.69, 9.17) is 0 Å². The summed E-state index contributed by atoms with van der Waals surface area (Å²) in [5, 5.41) is 2.88. The Bertz CT molecular complexity index is 821. The van der Waals surface area contributed by atoms with Crippen molar-refractivity contribution in [1.29, 1.82) is 0 Å². The van der Waals surface area contributed by atoms with Crippen LogP contribution in [0.3, 0.4) is 0 Å². The minimum atomic E-state index is -0.164. The van der Waals surface area contributed by atoms with Crippen LogP contribution in [-0.4, -0.2) is 29.5 Å². The summed E-state index contributed by atoms with van der Waals surface area (Å²) in [6, 6.07) is 15.3. The monoisotopic (exact) mass is 332 g/mol. The fraction of sp³-hybridized carbons (Fsp3) is 0.150. The first-order chi connectivity index (χ1) is 12.2. The number of likely N-dealkylation sites (N-methyl/N-ethyl adjacent to an activating group) is 1. The highest BCUT2D eigenvalue weighted by Gasteiger charge is 2.09. The lowest BCUT2D eigenvalue weighted by molar-refractivity contribution is 0.102. The summed E-state index contributed by atoms with van der Waals surface area (Å²) in [6.45, 7) is 0.829. The van der Waals surface area contributed by atoms with Crippen molar-refractivity contribution in [2.24, 2.45) is 0 Å². The number of para-hydroxylation sites is 1. The van der Waals surface area contributed by atoms with Gasteiger partial charge < -0.3 is 10.2 Å². The first kappa shape index (κ1) is 16.6. The number of amides is 1. The molecule has 126 valence electrons. The van der Waals surface area contributed by atoms with Gasteiger partial charge in [0.1, 0.15) is 0 Å². The van der Waals surface area contributed by atoms with Crippen molar-refractivity contribution in [1.82, 2.24) is 9.97 Å². The van der Waals surface area contributed by atoms with Gasteiger partial charge in [-0.05, 0) is 42.3 Å². The van der Waals surface area contributed by atoms with E-state index < -0.39 is 0 Å². The van der Waals surface area contributed by atoms with Gasteiger partial charge in [0.05, 0.1) is 17.4 Å². The van der Waals surface area contributed by atoms with Gasteiger partial charge in [0, 0.05) is 37.9 Å². The second kappa shape index (κ2) is 8.06. The molecule has 0 spiro atoms. The maximum atomic E-state index is 12.4. The van der Waals surface area contributed by atoms with E-state index in [-0.39, 0.29) is 5.91 Å². The SMILES string of the molecule is CN(CCc1ccncc1)c1cncc(C(=O)Nc2ccccc2)c1. The molecule has 1 amide bonds. The number of nitrogens with one attached hydrogen (secondary N) is 1. The standard InChI is InChI=1S/C20H20N4O/c1-24(12-9-16-7-10-21-11-8-16)19-13-17(14-22-15-19)20(25)23-18-5-3-2-4-6-18/h2-8,10-11,13-15H,9,12H2,1H3,(H,23,25). The maximum absolute atomic E-state index is 12.4.